The molecule has 0 spiro atoms. The second-order valence-electron chi connectivity index (χ2n) is 8.11. The molecule has 0 radical (unpaired) electrons. The van der Waals surface area contributed by atoms with Gasteiger partial charge in [-0.2, -0.15) is 5.26 Å². The number of aromatic nitrogens is 2. The highest BCUT2D eigenvalue weighted by Gasteiger charge is 2.48. The maximum atomic E-state index is 14.7. The van der Waals surface area contributed by atoms with Gasteiger partial charge >= 0.3 is 12.0 Å². The van der Waals surface area contributed by atoms with E-state index in [2.05, 4.69) is 9.97 Å². The third-order valence-corrected chi connectivity index (χ3v) is 4.69. The van der Waals surface area contributed by atoms with Gasteiger partial charge in [-0.15, -0.1) is 0 Å². The Hall–Kier alpha value is -2.99. The summed E-state index contributed by atoms with van der Waals surface area (Å²) in [6.45, 7) is 4.23. The summed E-state index contributed by atoms with van der Waals surface area (Å²) >= 11 is 5.87. The van der Waals surface area contributed by atoms with Gasteiger partial charge < -0.3 is 14.4 Å². The molecule has 164 valence electrons. The minimum absolute atomic E-state index is 0.0294. The first-order valence-electron chi connectivity index (χ1n) is 9.53. The lowest BCUT2D eigenvalue weighted by Crippen LogP contribution is -2.56. The summed E-state index contributed by atoms with van der Waals surface area (Å²) in [4.78, 5) is 21.0. The third kappa shape index (κ3) is 5.58. The fourth-order valence-corrected chi connectivity index (χ4v) is 3.22. The van der Waals surface area contributed by atoms with Crippen molar-refractivity contribution in [3.63, 3.8) is 0 Å². The van der Waals surface area contributed by atoms with Crippen molar-refractivity contribution in [1.82, 2.24) is 14.9 Å². The molecule has 0 aliphatic carbocycles. The summed E-state index contributed by atoms with van der Waals surface area (Å²) in [5.74, 6) is -3.29. The van der Waals surface area contributed by atoms with Crippen LogP contribution in [0.1, 0.15) is 32.8 Å². The molecule has 0 saturated carbocycles. The van der Waals surface area contributed by atoms with Gasteiger partial charge in [-0.1, -0.05) is 11.6 Å². The molecular weight excluding hydrogens is 430 g/mol. The summed E-state index contributed by atoms with van der Waals surface area (Å²) < 4.78 is 40.2. The topological polar surface area (TPSA) is 88.3 Å². The van der Waals surface area contributed by atoms with Gasteiger partial charge in [-0.25, -0.2) is 23.5 Å². The molecule has 0 N–H and O–H groups in total. The van der Waals surface area contributed by atoms with Crippen LogP contribution >= 0.6 is 11.6 Å². The number of carbonyl (C=O) groups excluding carboxylic acids is 1. The second kappa shape index (κ2) is 8.63. The van der Waals surface area contributed by atoms with E-state index in [9.17, 15) is 18.8 Å². The number of benzene rings is 1. The van der Waals surface area contributed by atoms with Crippen LogP contribution in [-0.4, -0.2) is 51.7 Å². The Morgan fingerprint density at radius 3 is 2.68 bits per heavy atom. The number of nitrogens with zero attached hydrogens (tertiary/aromatic N) is 4. The maximum absolute atomic E-state index is 14.7. The highest BCUT2D eigenvalue weighted by Crippen LogP contribution is 2.34. The van der Waals surface area contributed by atoms with Gasteiger partial charge in [-0.05, 0) is 39.0 Å². The number of hydrogen-bond donors (Lipinski definition) is 0. The molecule has 1 unspecified atom stereocenters. The van der Waals surface area contributed by atoms with Gasteiger partial charge in [0.15, 0.2) is 6.10 Å². The number of amides is 1. The molecule has 0 bridgehead atoms. The monoisotopic (exact) mass is 450 g/mol. The quantitative estimate of drug-likeness (QED) is 0.630. The summed E-state index contributed by atoms with van der Waals surface area (Å²) in [5.41, 5.74) is 0.355. The van der Waals surface area contributed by atoms with Crippen molar-refractivity contribution in [1.29, 1.82) is 5.26 Å². The van der Waals surface area contributed by atoms with Crippen molar-refractivity contribution < 1.29 is 23.0 Å². The van der Waals surface area contributed by atoms with Crippen LogP contribution in [0.15, 0.2) is 30.6 Å². The first-order valence-corrected chi connectivity index (χ1v) is 9.91. The Balaban J connectivity index is 1.75. The van der Waals surface area contributed by atoms with Crippen molar-refractivity contribution in [2.45, 2.75) is 44.8 Å². The molecule has 2 heterocycles. The van der Waals surface area contributed by atoms with Crippen LogP contribution in [-0.2, 0) is 4.74 Å². The van der Waals surface area contributed by atoms with Crippen molar-refractivity contribution >= 4 is 17.7 Å². The van der Waals surface area contributed by atoms with E-state index in [-0.39, 0.29) is 29.4 Å². The minimum atomic E-state index is -3.32. The van der Waals surface area contributed by atoms with Gasteiger partial charge in [0.25, 0.3) is 0 Å². The largest absolute Gasteiger partial charge is 0.483 e. The Morgan fingerprint density at radius 1 is 1.32 bits per heavy atom. The Labute approximate surface area is 183 Å². The van der Waals surface area contributed by atoms with Gasteiger partial charge in [-0.3, -0.25) is 0 Å². The van der Waals surface area contributed by atoms with Crippen molar-refractivity contribution in [3.8, 4) is 23.1 Å². The third-order valence-electron chi connectivity index (χ3n) is 4.48. The number of nitriles is 1. The number of hydrogen-bond acceptors (Lipinski definition) is 6. The summed E-state index contributed by atoms with van der Waals surface area (Å²) in [6.07, 6.45) is -1.11. The number of alkyl halides is 2. The fourth-order valence-electron chi connectivity index (χ4n) is 3.07. The summed E-state index contributed by atoms with van der Waals surface area (Å²) in [5, 5.41) is 9.72. The van der Waals surface area contributed by atoms with E-state index in [1.165, 1.54) is 24.5 Å². The predicted octanol–water partition coefficient (Wildman–Crippen LogP) is 4.69. The molecule has 1 aromatic heterocycles. The van der Waals surface area contributed by atoms with Crippen LogP contribution in [0.3, 0.4) is 0 Å². The van der Waals surface area contributed by atoms with E-state index in [4.69, 9.17) is 21.1 Å². The van der Waals surface area contributed by atoms with Crippen LogP contribution in [0.2, 0.25) is 5.15 Å². The van der Waals surface area contributed by atoms with E-state index in [0.717, 1.165) is 4.90 Å². The van der Waals surface area contributed by atoms with Gasteiger partial charge in [0.1, 0.15) is 28.9 Å². The molecule has 1 amide bonds. The normalized spacial score (nSPS) is 18.2. The van der Waals surface area contributed by atoms with E-state index < -0.39 is 30.3 Å². The van der Waals surface area contributed by atoms with E-state index >= 15 is 0 Å². The molecule has 7 nitrogen and oxygen atoms in total. The Bertz CT molecular complexity index is 1020. The summed E-state index contributed by atoms with van der Waals surface area (Å²) in [6, 6.07) is 8.02. The average molecular weight is 451 g/mol. The zero-order valence-corrected chi connectivity index (χ0v) is 18.0. The minimum Gasteiger partial charge on any atom is -0.483 e. The molecule has 10 heteroatoms. The molecule has 1 saturated heterocycles. The molecule has 1 fully saturated rings. The molecule has 1 aliphatic rings. The van der Waals surface area contributed by atoms with E-state index in [1.54, 1.807) is 26.8 Å². The van der Waals surface area contributed by atoms with Crippen LogP contribution < -0.4 is 4.74 Å². The number of ether oxygens (including phenoxy) is 2. The highest BCUT2D eigenvalue weighted by molar-refractivity contribution is 6.29. The van der Waals surface area contributed by atoms with E-state index in [0.29, 0.717) is 11.3 Å². The molecule has 3 rings (SSSR count). The lowest BCUT2D eigenvalue weighted by molar-refractivity contribution is -0.137. The lowest BCUT2D eigenvalue weighted by Gasteiger charge is -2.38. The van der Waals surface area contributed by atoms with Crippen LogP contribution in [0, 0.1) is 11.3 Å². The maximum Gasteiger partial charge on any atom is 0.410 e. The van der Waals surface area contributed by atoms with Crippen molar-refractivity contribution in [3.05, 3.63) is 41.3 Å². The summed E-state index contributed by atoms with van der Waals surface area (Å²) in [7, 11) is 0. The number of halogens is 3. The van der Waals surface area contributed by atoms with Crippen molar-refractivity contribution in [2.75, 3.05) is 13.1 Å². The second-order valence-corrected chi connectivity index (χ2v) is 8.49. The first-order chi connectivity index (χ1) is 14.5. The lowest BCUT2D eigenvalue weighted by atomic mass is 10.0. The zero-order valence-electron chi connectivity index (χ0n) is 17.2. The fraction of sp³-hybridized carbons (Fsp3) is 0.429. The molecule has 31 heavy (non-hydrogen) atoms. The SMILES string of the molecule is CC(C)(C)OC(=O)N1CCC(Oc2ccc(-c3cc(Cl)ncn3)cc2C#N)C(F)(F)C1. The molecule has 1 aromatic carbocycles. The zero-order chi connectivity index (χ0) is 22.8. The first kappa shape index (κ1) is 22.7. The van der Waals surface area contributed by atoms with Gasteiger partial charge in [0, 0.05) is 24.6 Å². The standard InChI is InChI=1S/C21H21ClF2N4O3/c1-20(2,3)31-19(29)28-7-6-17(21(23,24)11-28)30-16-5-4-13(8-14(16)10-25)15-9-18(22)27-12-26-15/h4-5,8-9,12,17H,6-7,11H2,1-3H3. The van der Waals surface area contributed by atoms with E-state index in [1.807, 2.05) is 6.07 Å². The Morgan fingerprint density at radius 2 is 2.06 bits per heavy atom. The highest BCUT2D eigenvalue weighted by atomic mass is 35.5. The molecule has 2 aromatic rings. The average Bonchev–Trinajstić information content (AvgIpc) is 2.68. The molecule has 1 aliphatic heterocycles. The number of carbonyl (C=O) groups is 1. The number of likely N-dealkylation sites (tertiary alicyclic amines) is 1. The van der Waals surface area contributed by atoms with Crippen LogP contribution in [0.5, 0.6) is 5.75 Å². The van der Waals surface area contributed by atoms with Crippen molar-refractivity contribution in [2.24, 2.45) is 0 Å². The molecule has 1 atom stereocenters. The Kier molecular flexibility index (Phi) is 6.32. The number of piperidine rings is 1. The molecular formula is C21H21ClF2N4O3. The predicted molar refractivity (Wildman–Crippen MR) is 109 cm³/mol. The van der Waals surface area contributed by atoms with Crippen LogP contribution in [0.25, 0.3) is 11.3 Å². The van der Waals surface area contributed by atoms with Crippen LogP contribution in [0.4, 0.5) is 13.6 Å². The van der Waals surface area contributed by atoms with Gasteiger partial charge in [0.2, 0.25) is 0 Å². The number of rotatable bonds is 3. The van der Waals surface area contributed by atoms with Gasteiger partial charge in [0.05, 0.1) is 17.8 Å². The smallest absolute Gasteiger partial charge is 0.410 e.